The number of hydrogen-bond donors (Lipinski definition) is 1. The normalized spacial score (nSPS) is 10.8. The van der Waals surface area contributed by atoms with E-state index in [-0.39, 0.29) is 5.91 Å². The highest BCUT2D eigenvalue weighted by Crippen LogP contribution is 2.17. The summed E-state index contributed by atoms with van der Waals surface area (Å²) in [5.41, 5.74) is 0.698. The fourth-order valence-corrected chi connectivity index (χ4v) is 1.88. The van der Waals surface area contributed by atoms with Crippen molar-refractivity contribution in [2.75, 3.05) is 6.54 Å². The summed E-state index contributed by atoms with van der Waals surface area (Å²) in [5, 5.41) is 4.90. The van der Waals surface area contributed by atoms with Gasteiger partial charge in [0.1, 0.15) is 0 Å². The smallest absolute Gasteiger partial charge is 0.251 e. The van der Waals surface area contributed by atoms with E-state index >= 15 is 0 Å². The molecule has 1 aromatic heterocycles. The fourth-order valence-electron chi connectivity index (χ4n) is 1.88. The second-order valence-electron chi connectivity index (χ2n) is 4.84. The van der Waals surface area contributed by atoms with Gasteiger partial charge in [-0.3, -0.25) is 9.78 Å². The Morgan fingerprint density at radius 1 is 1.33 bits per heavy atom. The Balaban J connectivity index is 2.17. The van der Waals surface area contributed by atoms with Crippen molar-refractivity contribution in [3.63, 3.8) is 0 Å². The third-order valence-electron chi connectivity index (χ3n) is 2.94. The summed E-state index contributed by atoms with van der Waals surface area (Å²) in [6.07, 6.45) is 4.48. The monoisotopic (exact) mass is 242 g/mol. The molecule has 1 aromatic carbocycles. The first-order valence-electron chi connectivity index (χ1n) is 6.29. The number of carbonyl (C=O) groups excluding carboxylic acids is 1. The Bertz CT molecular complexity index is 544. The van der Waals surface area contributed by atoms with E-state index in [1.165, 1.54) is 0 Å². The first-order chi connectivity index (χ1) is 8.68. The maximum Gasteiger partial charge on any atom is 0.251 e. The summed E-state index contributed by atoms with van der Waals surface area (Å²) in [7, 11) is 0. The van der Waals surface area contributed by atoms with Crippen molar-refractivity contribution < 1.29 is 4.79 Å². The molecule has 0 radical (unpaired) electrons. The number of carbonyl (C=O) groups is 1. The second-order valence-corrected chi connectivity index (χ2v) is 4.84. The van der Waals surface area contributed by atoms with E-state index in [2.05, 4.69) is 24.1 Å². The zero-order valence-electron chi connectivity index (χ0n) is 10.8. The van der Waals surface area contributed by atoms with Crippen LogP contribution < -0.4 is 5.32 Å². The van der Waals surface area contributed by atoms with Gasteiger partial charge in [-0.25, -0.2) is 0 Å². The van der Waals surface area contributed by atoms with E-state index < -0.39 is 0 Å². The number of hydrogen-bond acceptors (Lipinski definition) is 2. The summed E-state index contributed by atoms with van der Waals surface area (Å²) in [6, 6.07) is 7.65. The van der Waals surface area contributed by atoms with Gasteiger partial charge in [-0.05, 0) is 29.9 Å². The van der Waals surface area contributed by atoms with Gasteiger partial charge in [0, 0.05) is 29.9 Å². The molecule has 0 saturated heterocycles. The van der Waals surface area contributed by atoms with Gasteiger partial charge in [0.25, 0.3) is 5.91 Å². The van der Waals surface area contributed by atoms with Gasteiger partial charge >= 0.3 is 0 Å². The molecule has 1 amide bonds. The molecule has 1 heterocycles. The molecule has 2 rings (SSSR count). The van der Waals surface area contributed by atoms with Crippen LogP contribution in [0.5, 0.6) is 0 Å². The molecule has 3 heteroatoms. The van der Waals surface area contributed by atoms with Crippen molar-refractivity contribution in [2.45, 2.75) is 20.3 Å². The number of amides is 1. The SMILES string of the molecule is CC(C)CCNC(=O)c1cccc2ccncc12. The van der Waals surface area contributed by atoms with Crippen molar-refractivity contribution in [3.05, 3.63) is 42.2 Å². The summed E-state index contributed by atoms with van der Waals surface area (Å²) < 4.78 is 0. The van der Waals surface area contributed by atoms with E-state index in [0.29, 0.717) is 18.0 Å². The van der Waals surface area contributed by atoms with Crippen molar-refractivity contribution in [3.8, 4) is 0 Å². The molecule has 0 bridgehead atoms. The number of benzene rings is 1. The lowest BCUT2D eigenvalue weighted by Gasteiger charge is -2.09. The first kappa shape index (κ1) is 12.6. The van der Waals surface area contributed by atoms with E-state index in [1.807, 2.05) is 24.3 Å². The van der Waals surface area contributed by atoms with Gasteiger partial charge in [0.2, 0.25) is 0 Å². The third kappa shape index (κ3) is 2.86. The molecule has 2 aromatic rings. The van der Waals surface area contributed by atoms with E-state index in [9.17, 15) is 4.79 Å². The van der Waals surface area contributed by atoms with Crippen molar-refractivity contribution in [1.82, 2.24) is 10.3 Å². The Labute approximate surface area is 107 Å². The highest BCUT2D eigenvalue weighted by Gasteiger charge is 2.09. The number of aromatic nitrogens is 1. The van der Waals surface area contributed by atoms with Gasteiger partial charge in [0.05, 0.1) is 0 Å². The molecule has 0 atom stereocenters. The van der Waals surface area contributed by atoms with Gasteiger partial charge in [-0.15, -0.1) is 0 Å². The lowest BCUT2D eigenvalue weighted by Crippen LogP contribution is -2.25. The molecule has 18 heavy (non-hydrogen) atoms. The maximum atomic E-state index is 12.1. The molecule has 0 aliphatic carbocycles. The maximum absolute atomic E-state index is 12.1. The van der Waals surface area contributed by atoms with E-state index in [1.54, 1.807) is 12.4 Å². The standard InChI is InChI=1S/C15H18N2O/c1-11(2)6-9-17-15(18)13-5-3-4-12-7-8-16-10-14(12)13/h3-5,7-8,10-11H,6,9H2,1-2H3,(H,17,18). The molecule has 0 aliphatic rings. The summed E-state index contributed by atoms with van der Waals surface area (Å²) in [6.45, 7) is 5.01. The molecule has 94 valence electrons. The molecule has 0 unspecified atom stereocenters. The Hall–Kier alpha value is -1.90. The van der Waals surface area contributed by atoms with Gasteiger partial charge < -0.3 is 5.32 Å². The molecule has 0 aliphatic heterocycles. The molecular formula is C15H18N2O. The second kappa shape index (κ2) is 5.63. The molecule has 3 nitrogen and oxygen atoms in total. The number of pyridine rings is 1. The Morgan fingerprint density at radius 3 is 2.94 bits per heavy atom. The predicted octanol–water partition coefficient (Wildman–Crippen LogP) is 3.01. The van der Waals surface area contributed by atoms with Gasteiger partial charge in [-0.2, -0.15) is 0 Å². The number of nitrogens with zero attached hydrogens (tertiary/aromatic N) is 1. The lowest BCUT2D eigenvalue weighted by molar-refractivity contribution is 0.0953. The van der Waals surface area contributed by atoms with Crippen molar-refractivity contribution in [2.24, 2.45) is 5.92 Å². The average molecular weight is 242 g/mol. The van der Waals surface area contributed by atoms with Crippen LogP contribution in [-0.2, 0) is 0 Å². The minimum Gasteiger partial charge on any atom is -0.352 e. The van der Waals surface area contributed by atoms with Crippen LogP contribution in [0.4, 0.5) is 0 Å². The van der Waals surface area contributed by atoms with Crippen LogP contribution >= 0.6 is 0 Å². The van der Waals surface area contributed by atoms with Gasteiger partial charge in [-0.1, -0.05) is 26.0 Å². The van der Waals surface area contributed by atoms with Gasteiger partial charge in [0.15, 0.2) is 0 Å². The zero-order chi connectivity index (χ0) is 13.0. The lowest BCUT2D eigenvalue weighted by atomic mass is 10.1. The van der Waals surface area contributed by atoms with Crippen LogP contribution in [-0.4, -0.2) is 17.4 Å². The highest BCUT2D eigenvalue weighted by molar-refractivity contribution is 6.06. The third-order valence-corrected chi connectivity index (χ3v) is 2.94. The molecule has 1 N–H and O–H groups in total. The Morgan fingerprint density at radius 2 is 2.17 bits per heavy atom. The minimum atomic E-state index is -0.0192. The fraction of sp³-hybridized carbons (Fsp3) is 0.333. The summed E-state index contributed by atoms with van der Waals surface area (Å²) in [4.78, 5) is 16.2. The largest absolute Gasteiger partial charge is 0.352 e. The van der Waals surface area contributed by atoms with Crippen LogP contribution in [0.15, 0.2) is 36.7 Å². The van der Waals surface area contributed by atoms with Crippen LogP contribution in [0.25, 0.3) is 10.8 Å². The summed E-state index contributed by atoms with van der Waals surface area (Å²) in [5.74, 6) is 0.578. The number of rotatable bonds is 4. The molecule has 0 fully saturated rings. The average Bonchev–Trinajstić information content (AvgIpc) is 2.37. The quantitative estimate of drug-likeness (QED) is 0.895. The van der Waals surface area contributed by atoms with Crippen molar-refractivity contribution >= 4 is 16.7 Å². The van der Waals surface area contributed by atoms with E-state index in [0.717, 1.165) is 17.2 Å². The topological polar surface area (TPSA) is 42.0 Å². The molecule has 0 saturated carbocycles. The molecule has 0 spiro atoms. The van der Waals surface area contributed by atoms with Crippen LogP contribution in [0.3, 0.4) is 0 Å². The first-order valence-corrected chi connectivity index (χ1v) is 6.29. The Kier molecular flexibility index (Phi) is 3.92. The van der Waals surface area contributed by atoms with Crippen LogP contribution in [0.1, 0.15) is 30.6 Å². The predicted molar refractivity (Wildman–Crippen MR) is 73.5 cm³/mol. The van der Waals surface area contributed by atoms with Crippen molar-refractivity contribution in [1.29, 1.82) is 0 Å². The van der Waals surface area contributed by atoms with Crippen LogP contribution in [0, 0.1) is 5.92 Å². The molecular weight excluding hydrogens is 224 g/mol. The van der Waals surface area contributed by atoms with E-state index in [4.69, 9.17) is 0 Å². The number of fused-ring (bicyclic) bond motifs is 1. The number of nitrogens with one attached hydrogen (secondary N) is 1. The van der Waals surface area contributed by atoms with Crippen LogP contribution in [0.2, 0.25) is 0 Å². The summed E-state index contributed by atoms with van der Waals surface area (Å²) >= 11 is 0. The zero-order valence-corrected chi connectivity index (χ0v) is 10.8. The highest BCUT2D eigenvalue weighted by atomic mass is 16.1. The minimum absolute atomic E-state index is 0.0192.